The molecule has 2 aliphatic heterocycles. The molecule has 2 atom stereocenters. The van der Waals surface area contributed by atoms with Gasteiger partial charge in [0.05, 0.1) is 11.8 Å². The summed E-state index contributed by atoms with van der Waals surface area (Å²) in [6, 6.07) is 32.5. The molecule has 0 spiro atoms. The van der Waals surface area contributed by atoms with Crippen LogP contribution in [0, 0.1) is 5.92 Å². The number of hydrogen-bond acceptors (Lipinski definition) is 3. The molecular formula is C27H27N3. The summed E-state index contributed by atoms with van der Waals surface area (Å²) in [7, 11) is 2.12. The molecule has 0 aromatic heterocycles. The Morgan fingerprint density at radius 1 is 0.867 bits per heavy atom. The summed E-state index contributed by atoms with van der Waals surface area (Å²) >= 11 is 0. The largest absolute Gasteiger partial charge is 0.294 e. The van der Waals surface area contributed by atoms with Crippen molar-refractivity contribution in [2.75, 3.05) is 20.1 Å². The first kappa shape index (κ1) is 18.8. The predicted molar refractivity (Wildman–Crippen MR) is 124 cm³/mol. The maximum atomic E-state index is 5.04. The second-order valence-electron chi connectivity index (χ2n) is 8.26. The van der Waals surface area contributed by atoms with Gasteiger partial charge in [0.1, 0.15) is 0 Å². The number of hydrogen-bond donors (Lipinski definition) is 0. The standard InChI is InChI=1S/C27H27N3/c1-29-27(23-15-9-4-10-16-23)25-20-30(18-22-13-7-3-8-14-22)19-24(26(25)28-29)17-21-11-5-2-6-12-21/h2-17,25,27H,18-20H2,1H3/b24-17+/t25-,27+/m1/s1. The Morgan fingerprint density at radius 2 is 1.50 bits per heavy atom. The van der Waals surface area contributed by atoms with E-state index >= 15 is 0 Å². The van der Waals surface area contributed by atoms with Crippen LogP contribution >= 0.6 is 0 Å². The zero-order valence-electron chi connectivity index (χ0n) is 17.4. The quantitative estimate of drug-likeness (QED) is 0.603. The molecule has 0 aliphatic carbocycles. The highest BCUT2D eigenvalue weighted by Gasteiger charge is 2.42. The Bertz CT molecular complexity index is 1040. The minimum Gasteiger partial charge on any atom is -0.294 e. The minimum atomic E-state index is 0.277. The molecule has 5 rings (SSSR count). The van der Waals surface area contributed by atoms with Crippen LogP contribution in [-0.4, -0.2) is 35.8 Å². The van der Waals surface area contributed by atoms with Crippen molar-refractivity contribution in [2.24, 2.45) is 11.0 Å². The van der Waals surface area contributed by atoms with Gasteiger partial charge in [-0.2, -0.15) is 5.10 Å². The average Bonchev–Trinajstić information content (AvgIpc) is 3.12. The van der Waals surface area contributed by atoms with Crippen LogP contribution in [-0.2, 0) is 6.54 Å². The van der Waals surface area contributed by atoms with E-state index in [1.807, 2.05) is 0 Å². The van der Waals surface area contributed by atoms with Crippen LogP contribution in [0.1, 0.15) is 22.7 Å². The molecule has 1 saturated heterocycles. The molecule has 3 aromatic carbocycles. The van der Waals surface area contributed by atoms with Gasteiger partial charge in [-0.3, -0.25) is 9.91 Å². The smallest absolute Gasteiger partial charge is 0.0813 e. The van der Waals surface area contributed by atoms with E-state index in [0.717, 1.165) is 19.6 Å². The van der Waals surface area contributed by atoms with E-state index in [-0.39, 0.29) is 6.04 Å². The fourth-order valence-electron chi connectivity index (χ4n) is 4.80. The van der Waals surface area contributed by atoms with Crippen molar-refractivity contribution in [2.45, 2.75) is 12.6 Å². The lowest BCUT2D eigenvalue weighted by Gasteiger charge is -2.36. The van der Waals surface area contributed by atoms with Gasteiger partial charge in [0.25, 0.3) is 0 Å². The van der Waals surface area contributed by atoms with Gasteiger partial charge in [-0.1, -0.05) is 91.0 Å². The summed E-state index contributed by atoms with van der Waals surface area (Å²) in [4.78, 5) is 2.57. The molecule has 150 valence electrons. The van der Waals surface area contributed by atoms with Gasteiger partial charge < -0.3 is 0 Å². The van der Waals surface area contributed by atoms with Gasteiger partial charge in [-0.25, -0.2) is 0 Å². The fraction of sp³-hybridized carbons (Fsp3) is 0.222. The second-order valence-corrected chi connectivity index (χ2v) is 8.26. The number of fused-ring (bicyclic) bond motifs is 1. The lowest BCUT2D eigenvalue weighted by atomic mass is 9.83. The van der Waals surface area contributed by atoms with E-state index in [2.05, 4.69) is 114 Å². The predicted octanol–water partition coefficient (Wildman–Crippen LogP) is 5.24. The maximum absolute atomic E-state index is 5.04. The van der Waals surface area contributed by atoms with Gasteiger partial charge >= 0.3 is 0 Å². The van der Waals surface area contributed by atoms with Gasteiger partial charge in [-0.15, -0.1) is 0 Å². The zero-order chi connectivity index (χ0) is 20.3. The number of nitrogens with zero attached hydrogens (tertiary/aromatic N) is 3. The molecule has 2 aliphatic rings. The van der Waals surface area contributed by atoms with Crippen molar-refractivity contribution < 1.29 is 0 Å². The number of benzene rings is 3. The van der Waals surface area contributed by atoms with Crippen molar-refractivity contribution >= 4 is 11.8 Å². The summed E-state index contributed by atoms with van der Waals surface area (Å²) in [5, 5.41) is 7.21. The van der Waals surface area contributed by atoms with E-state index in [0.29, 0.717) is 5.92 Å². The number of hydrazone groups is 1. The number of rotatable bonds is 4. The lowest BCUT2D eigenvalue weighted by molar-refractivity contribution is 0.190. The first-order valence-corrected chi connectivity index (χ1v) is 10.7. The molecule has 3 aromatic rings. The summed E-state index contributed by atoms with van der Waals surface area (Å²) in [5.41, 5.74) is 6.52. The van der Waals surface area contributed by atoms with Crippen LogP contribution < -0.4 is 0 Å². The summed E-state index contributed by atoms with van der Waals surface area (Å²) in [6.45, 7) is 2.90. The van der Waals surface area contributed by atoms with Crippen LogP contribution in [0.2, 0.25) is 0 Å². The topological polar surface area (TPSA) is 18.8 Å². The van der Waals surface area contributed by atoms with E-state index < -0.39 is 0 Å². The molecule has 0 bridgehead atoms. The van der Waals surface area contributed by atoms with Crippen LogP contribution in [0.15, 0.2) is 102 Å². The molecule has 0 radical (unpaired) electrons. The SMILES string of the molecule is CN1N=C2/C(=C/c3ccccc3)CN(Cc3ccccc3)C[C@H]2[C@@H]1c1ccccc1. The first-order valence-electron chi connectivity index (χ1n) is 10.7. The molecule has 0 amide bonds. The highest BCUT2D eigenvalue weighted by Crippen LogP contribution is 2.40. The van der Waals surface area contributed by atoms with Crippen molar-refractivity contribution in [1.82, 2.24) is 9.91 Å². The molecule has 1 fully saturated rings. The van der Waals surface area contributed by atoms with Crippen LogP contribution in [0.4, 0.5) is 0 Å². The summed E-state index contributed by atoms with van der Waals surface area (Å²) < 4.78 is 0. The highest BCUT2D eigenvalue weighted by atomic mass is 15.5. The molecule has 2 heterocycles. The average molecular weight is 394 g/mol. The summed E-state index contributed by atoms with van der Waals surface area (Å²) in [6.07, 6.45) is 2.32. The van der Waals surface area contributed by atoms with Gasteiger partial charge in [0.2, 0.25) is 0 Å². The third-order valence-corrected chi connectivity index (χ3v) is 6.11. The fourth-order valence-corrected chi connectivity index (χ4v) is 4.80. The number of likely N-dealkylation sites (tertiary alicyclic amines) is 1. The monoisotopic (exact) mass is 393 g/mol. The third-order valence-electron chi connectivity index (χ3n) is 6.11. The molecule has 30 heavy (non-hydrogen) atoms. The molecule has 0 saturated carbocycles. The summed E-state index contributed by atoms with van der Waals surface area (Å²) in [5.74, 6) is 0.366. The van der Waals surface area contributed by atoms with Crippen molar-refractivity contribution in [3.63, 3.8) is 0 Å². The van der Waals surface area contributed by atoms with E-state index in [1.165, 1.54) is 28.0 Å². The van der Waals surface area contributed by atoms with E-state index in [4.69, 9.17) is 5.10 Å². The molecule has 0 N–H and O–H groups in total. The number of piperidine rings is 1. The molecule has 3 heteroatoms. The molecular weight excluding hydrogens is 366 g/mol. The highest BCUT2D eigenvalue weighted by molar-refractivity contribution is 6.07. The van der Waals surface area contributed by atoms with Crippen LogP contribution in [0.25, 0.3) is 6.08 Å². The molecule has 3 nitrogen and oxygen atoms in total. The Kier molecular flexibility index (Phi) is 5.20. The van der Waals surface area contributed by atoms with Gasteiger partial charge in [0.15, 0.2) is 0 Å². The Hall–Kier alpha value is -3.17. The van der Waals surface area contributed by atoms with Crippen LogP contribution in [0.5, 0.6) is 0 Å². The Labute approximate surface area is 179 Å². The van der Waals surface area contributed by atoms with Crippen molar-refractivity contribution in [3.8, 4) is 0 Å². The van der Waals surface area contributed by atoms with E-state index in [9.17, 15) is 0 Å². The first-order chi connectivity index (χ1) is 14.8. The van der Waals surface area contributed by atoms with E-state index in [1.54, 1.807) is 0 Å². The van der Waals surface area contributed by atoms with Crippen molar-refractivity contribution in [1.29, 1.82) is 0 Å². The van der Waals surface area contributed by atoms with Crippen LogP contribution in [0.3, 0.4) is 0 Å². The maximum Gasteiger partial charge on any atom is 0.0813 e. The molecule has 0 unspecified atom stereocenters. The van der Waals surface area contributed by atoms with Gasteiger partial charge in [-0.05, 0) is 28.3 Å². The Morgan fingerprint density at radius 3 is 2.20 bits per heavy atom. The van der Waals surface area contributed by atoms with Crippen molar-refractivity contribution in [3.05, 3.63) is 113 Å². The third kappa shape index (κ3) is 3.81. The normalized spacial score (nSPS) is 22.8. The minimum absolute atomic E-state index is 0.277. The van der Waals surface area contributed by atoms with Gasteiger partial charge in [0, 0.05) is 32.6 Å². The Balaban J connectivity index is 1.51. The second kappa shape index (κ2) is 8.29. The lowest BCUT2D eigenvalue weighted by Crippen LogP contribution is -2.43. The zero-order valence-corrected chi connectivity index (χ0v) is 17.4.